The molecule has 1 rings (SSSR count). The maximum absolute atomic E-state index is 12.4. The van der Waals surface area contributed by atoms with Crippen molar-refractivity contribution in [1.29, 1.82) is 0 Å². The van der Waals surface area contributed by atoms with Gasteiger partial charge in [-0.3, -0.25) is 9.59 Å². The Morgan fingerprint density at radius 2 is 1.66 bits per heavy atom. The average molecular weight is 438 g/mol. The first-order valence-electron chi connectivity index (χ1n) is 9.58. The van der Waals surface area contributed by atoms with Crippen molar-refractivity contribution in [3.05, 3.63) is 0 Å². The number of rotatable bonds is 8. The highest BCUT2D eigenvalue weighted by molar-refractivity contribution is 8.00. The Balaban J connectivity index is 3.19. The summed E-state index contributed by atoms with van der Waals surface area (Å²) >= 11 is 1.25. The highest BCUT2D eigenvalue weighted by atomic mass is 32.2. The molecule has 6 unspecified atom stereocenters. The van der Waals surface area contributed by atoms with Crippen LogP contribution in [0, 0.1) is 0 Å². The van der Waals surface area contributed by atoms with E-state index in [-0.39, 0.29) is 6.61 Å². The van der Waals surface area contributed by atoms with Gasteiger partial charge < -0.3 is 35.2 Å². The van der Waals surface area contributed by atoms with Crippen LogP contribution in [-0.4, -0.2) is 84.6 Å². The number of carbonyl (C=O) groups is 2. The molecule has 5 N–H and O–H groups in total. The molecule has 1 heterocycles. The molecule has 1 aliphatic heterocycles. The minimum absolute atomic E-state index is 0.0720. The lowest BCUT2D eigenvalue weighted by Gasteiger charge is -2.65. The fraction of sp³-hybridized carbons (Fsp3) is 0.895. The number of hydrogen-bond acceptors (Lipinski definition) is 9. The van der Waals surface area contributed by atoms with Crippen molar-refractivity contribution in [2.75, 3.05) is 19.0 Å². The van der Waals surface area contributed by atoms with Crippen LogP contribution in [0.25, 0.3) is 0 Å². The Bertz CT molecular complexity index is 623. The fourth-order valence-electron chi connectivity index (χ4n) is 3.70. The molecule has 0 bridgehead atoms. The van der Waals surface area contributed by atoms with Crippen LogP contribution in [0.5, 0.6) is 0 Å². The predicted octanol–water partition coefficient (Wildman–Crippen LogP) is -0.0721. The van der Waals surface area contributed by atoms with Crippen LogP contribution in [0.4, 0.5) is 0 Å². The van der Waals surface area contributed by atoms with Crippen molar-refractivity contribution in [1.82, 2.24) is 5.32 Å². The second-order valence-electron chi connectivity index (χ2n) is 8.37. The molecule has 170 valence electrons. The van der Waals surface area contributed by atoms with E-state index in [2.05, 4.69) is 5.32 Å². The van der Waals surface area contributed by atoms with E-state index in [0.29, 0.717) is 12.2 Å². The number of aliphatic hydroxyl groups is 4. The van der Waals surface area contributed by atoms with Crippen LogP contribution in [0.3, 0.4) is 0 Å². The third-order valence-corrected chi connectivity index (χ3v) is 7.61. The summed E-state index contributed by atoms with van der Waals surface area (Å²) in [4.78, 5) is 24.1. The molecule has 0 radical (unpaired) electrons. The van der Waals surface area contributed by atoms with Crippen molar-refractivity contribution in [3.8, 4) is 0 Å². The highest BCUT2D eigenvalue weighted by Gasteiger charge is 2.74. The number of thioether (sulfide) groups is 1. The number of amides is 1. The summed E-state index contributed by atoms with van der Waals surface area (Å²) in [6, 6.07) is 0. The Kier molecular flexibility index (Phi) is 7.82. The largest absolute Gasteiger partial charge is 0.462 e. The maximum Gasteiger partial charge on any atom is 0.319 e. The van der Waals surface area contributed by atoms with Crippen molar-refractivity contribution in [2.45, 2.75) is 88.3 Å². The zero-order valence-electron chi connectivity index (χ0n) is 18.2. The van der Waals surface area contributed by atoms with Gasteiger partial charge in [-0.15, -0.1) is 11.8 Å². The van der Waals surface area contributed by atoms with E-state index < -0.39 is 51.9 Å². The SMILES string of the molecule is CCC(SCCO)C(=O)OCC1(C)OC(C)(O)C(C)(NC(C)=O)C(C)(O)C1(C)O. The second-order valence-corrected chi connectivity index (χ2v) is 9.68. The molecule has 0 aromatic heterocycles. The van der Waals surface area contributed by atoms with Crippen molar-refractivity contribution in [3.63, 3.8) is 0 Å². The normalized spacial score (nSPS) is 40.9. The van der Waals surface area contributed by atoms with Gasteiger partial charge in [-0.2, -0.15) is 0 Å². The van der Waals surface area contributed by atoms with Gasteiger partial charge in [-0.05, 0) is 41.0 Å². The number of aliphatic hydroxyl groups excluding tert-OH is 1. The molecule has 1 amide bonds. The zero-order chi connectivity index (χ0) is 22.9. The summed E-state index contributed by atoms with van der Waals surface area (Å²) in [6.07, 6.45) is 0.480. The highest BCUT2D eigenvalue weighted by Crippen LogP contribution is 2.52. The van der Waals surface area contributed by atoms with E-state index >= 15 is 0 Å². The first-order chi connectivity index (χ1) is 13.0. The van der Waals surface area contributed by atoms with Crippen molar-refractivity contribution < 1.29 is 39.5 Å². The molecule has 0 saturated carbocycles. The summed E-state index contributed by atoms with van der Waals surface area (Å²) < 4.78 is 11.2. The maximum atomic E-state index is 12.4. The van der Waals surface area contributed by atoms with E-state index in [1.54, 1.807) is 6.92 Å². The molecule has 0 aromatic rings. The smallest absolute Gasteiger partial charge is 0.319 e. The molecule has 1 fully saturated rings. The van der Waals surface area contributed by atoms with Crippen LogP contribution >= 0.6 is 11.8 Å². The Morgan fingerprint density at radius 3 is 2.10 bits per heavy atom. The summed E-state index contributed by atoms with van der Waals surface area (Å²) in [7, 11) is 0. The summed E-state index contributed by atoms with van der Waals surface area (Å²) in [6.45, 7) is 9.13. The second kappa shape index (κ2) is 8.68. The minimum Gasteiger partial charge on any atom is -0.462 e. The van der Waals surface area contributed by atoms with Gasteiger partial charge in [-0.25, -0.2) is 0 Å². The number of ether oxygens (including phenoxy) is 2. The first kappa shape index (κ1) is 26.1. The Labute approximate surface area is 176 Å². The fourth-order valence-corrected chi connectivity index (χ4v) is 4.53. The summed E-state index contributed by atoms with van der Waals surface area (Å²) in [5.41, 5.74) is -7.60. The van der Waals surface area contributed by atoms with Crippen LogP contribution in [0.1, 0.15) is 54.9 Å². The van der Waals surface area contributed by atoms with Gasteiger partial charge in [0.25, 0.3) is 0 Å². The predicted molar refractivity (Wildman–Crippen MR) is 108 cm³/mol. The van der Waals surface area contributed by atoms with E-state index in [1.807, 2.05) is 0 Å². The van der Waals surface area contributed by atoms with Crippen LogP contribution < -0.4 is 5.32 Å². The lowest BCUT2D eigenvalue weighted by atomic mass is 9.59. The van der Waals surface area contributed by atoms with Gasteiger partial charge in [-0.1, -0.05) is 6.92 Å². The van der Waals surface area contributed by atoms with E-state index in [1.165, 1.54) is 53.3 Å². The van der Waals surface area contributed by atoms with Crippen LogP contribution in [0.2, 0.25) is 0 Å². The molecule has 1 saturated heterocycles. The summed E-state index contributed by atoms with van der Waals surface area (Å²) in [5, 5.41) is 44.5. The summed E-state index contributed by atoms with van der Waals surface area (Å²) in [5.74, 6) is -2.82. The first-order valence-corrected chi connectivity index (χ1v) is 10.6. The lowest BCUT2D eigenvalue weighted by molar-refractivity contribution is -0.416. The average Bonchev–Trinajstić information content (AvgIpc) is 2.58. The van der Waals surface area contributed by atoms with Gasteiger partial charge in [0, 0.05) is 12.7 Å². The monoisotopic (exact) mass is 437 g/mol. The van der Waals surface area contributed by atoms with Crippen LogP contribution in [-0.2, 0) is 19.1 Å². The van der Waals surface area contributed by atoms with Gasteiger partial charge in [0.2, 0.25) is 5.91 Å². The number of esters is 1. The van der Waals surface area contributed by atoms with Gasteiger partial charge >= 0.3 is 5.97 Å². The number of carbonyl (C=O) groups excluding carboxylic acids is 2. The van der Waals surface area contributed by atoms with E-state index in [0.717, 1.165) is 0 Å². The zero-order valence-corrected chi connectivity index (χ0v) is 19.1. The van der Waals surface area contributed by atoms with Gasteiger partial charge in [0.15, 0.2) is 5.79 Å². The Hall–Kier alpha value is -0.910. The standard InChI is InChI=1S/C19H35NO8S/c1-8-13(29-10-9-21)14(23)27-11-15(3)17(5,24)18(6,25)16(4,20-12(2)22)19(7,26)28-15/h13,21,24-26H,8-11H2,1-7H3,(H,20,22). The van der Waals surface area contributed by atoms with Gasteiger partial charge in [0.05, 0.1) is 6.61 Å². The van der Waals surface area contributed by atoms with Crippen molar-refractivity contribution in [2.24, 2.45) is 0 Å². The lowest BCUT2D eigenvalue weighted by Crippen LogP contribution is -2.88. The molecule has 6 atom stereocenters. The molecule has 10 heteroatoms. The molecule has 9 nitrogen and oxygen atoms in total. The van der Waals surface area contributed by atoms with Gasteiger partial charge in [0.1, 0.15) is 34.2 Å². The molecular weight excluding hydrogens is 402 g/mol. The van der Waals surface area contributed by atoms with E-state index in [4.69, 9.17) is 14.6 Å². The third kappa shape index (κ3) is 4.42. The van der Waals surface area contributed by atoms with Crippen LogP contribution in [0.15, 0.2) is 0 Å². The minimum atomic E-state index is -2.11. The van der Waals surface area contributed by atoms with Crippen molar-refractivity contribution >= 4 is 23.6 Å². The third-order valence-electron chi connectivity index (χ3n) is 6.26. The molecule has 0 spiro atoms. The number of hydrogen-bond donors (Lipinski definition) is 5. The molecule has 0 aromatic carbocycles. The number of nitrogens with one attached hydrogen (secondary N) is 1. The quantitative estimate of drug-likeness (QED) is 0.329. The molecular formula is C19H35NO8S. The topological polar surface area (TPSA) is 146 Å². The van der Waals surface area contributed by atoms with E-state index in [9.17, 15) is 24.9 Å². The molecule has 1 aliphatic rings. The Morgan fingerprint density at radius 1 is 1.10 bits per heavy atom. The molecule has 29 heavy (non-hydrogen) atoms. The molecule has 0 aliphatic carbocycles.